The second-order valence-electron chi connectivity index (χ2n) is 9.87. The van der Waals surface area contributed by atoms with E-state index in [0.717, 1.165) is 44.9 Å². The molecule has 0 bridgehead atoms. The molecular formula is C30H25I2NO3S. The number of carbonyl (C=O) groups is 1. The summed E-state index contributed by atoms with van der Waals surface area (Å²) < 4.78 is 10.9. The molecule has 5 aromatic rings. The lowest BCUT2D eigenvalue weighted by Gasteiger charge is -2.19. The zero-order valence-corrected chi connectivity index (χ0v) is 25.7. The molecule has 0 saturated heterocycles. The summed E-state index contributed by atoms with van der Waals surface area (Å²) in [4.78, 5) is 12.4. The van der Waals surface area contributed by atoms with E-state index in [1.807, 2.05) is 59.2 Å². The predicted molar refractivity (Wildman–Crippen MR) is 168 cm³/mol. The Bertz CT molecular complexity index is 1600. The first kappa shape index (κ1) is 26.2. The Morgan fingerprint density at radius 3 is 2.27 bits per heavy atom. The topological polar surface area (TPSA) is 51.5 Å². The van der Waals surface area contributed by atoms with Crippen molar-refractivity contribution < 1.29 is 14.6 Å². The van der Waals surface area contributed by atoms with Gasteiger partial charge >= 0.3 is 5.97 Å². The van der Waals surface area contributed by atoms with Crippen molar-refractivity contribution in [2.45, 2.75) is 32.7 Å². The number of thiophene rings is 1. The quantitative estimate of drug-likeness (QED) is 0.177. The number of aromatic nitrogens is 1. The lowest BCUT2D eigenvalue weighted by atomic mass is 9.86. The molecule has 7 heteroatoms. The van der Waals surface area contributed by atoms with Crippen molar-refractivity contribution >= 4 is 72.7 Å². The second kappa shape index (κ2) is 10.4. The van der Waals surface area contributed by atoms with Crippen LogP contribution in [0, 0.1) is 6.45 Å². The monoisotopic (exact) mass is 733 g/mol. The van der Waals surface area contributed by atoms with Crippen LogP contribution >= 0.6 is 56.5 Å². The fourth-order valence-electron chi connectivity index (χ4n) is 4.41. The summed E-state index contributed by atoms with van der Waals surface area (Å²) in [7, 11) is 0. The highest BCUT2D eigenvalue weighted by molar-refractivity contribution is 14.1. The molecule has 188 valence electrons. The molecule has 0 fully saturated rings. The Labute approximate surface area is 247 Å². The van der Waals surface area contributed by atoms with Crippen LogP contribution in [-0.4, -0.2) is 15.6 Å². The fraction of sp³-hybridized carbons (Fsp3) is 0.167. The molecule has 5 rings (SSSR count). The molecule has 2 aromatic heterocycles. The third kappa shape index (κ3) is 5.31. The van der Waals surface area contributed by atoms with Crippen LogP contribution in [0.25, 0.3) is 21.3 Å². The molecule has 0 atom stereocenters. The highest BCUT2D eigenvalue weighted by Gasteiger charge is 2.27. The number of aromatic carboxylic acids is 1. The number of para-hydroxylation sites is 1. The normalized spacial score (nSPS) is 11.7. The van der Waals surface area contributed by atoms with Crippen LogP contribution < -0.4 is 4.74 Å². The number of benzene rings is 3. The molecule has 1 N–H and O–H groups in total. The third-order valence-electron chi connectivity index (χ3n) is 6.25. The number of carboxylic acids is 1. The van der Waals surface area contributed by atoms with E-state index in [-0.39, 0.29) is 5.41 Å². The van der Waals surface area contributed by atoms with Gasteiger partial charge in [-0.15, -0.1) is 11.3 Å². The highest BCUT2D eigenvalue weighted by Crippen LogP contribution is 2.44. The average Bonchev–Trinajstić information content (AvgIpc) is 3.32. The van der Waals surface area contributed by atoms with Crippen LogP contribution in [0.2, 0.25) is 0 Å². The van der Waals surface area contributed by atoms with Gasteiger partial charge in [-0.05, 0) is 91.6 Å². The molecule has 0 aliphatic carbocycles. The van der Waals surface area contributed by atoms with Crippen molar-refractivity contribution in [2.75, 3.05) is 0 Å². The maximum atomic E-state index is 12.4. The zero-order chi connectivity index (χ0) is 26.3. The van der Waals surface area contributed by atoms with Crippen molar-refractivity contribution in [3.05, 3.63) is 102 Å². The van der Waals surface area contributed by atoms with Gasteiger partial charge in [-0.25, -0.2) is 4.79 Å². The maximum Gasteiger partial charge on any atom is 0.353 e. The lowest BCUT2D eigenvalue weighted by molar-refractivity contribution is 0.0685. The van der Waals surface area contributed by atoms with Crippen molar-refractivity contribution in [1.82, 2.24) is 4.57 Å². The molecule has 0 aliphatic rings. The van der Waals surface area contributed by atoms with Gasteiger partial charge in [0.25, 0.3) is 0 Å². The second-order valence-corrected chi connectivity index (χ2v) is 13.8. The van der Waals surface area contributed by atoms with E-state index < -0.39 is 5.97 Å². The van der Waals surface area contributed by atoms with Gasteiger partial charge in [0.15, 0.2) is 0 Å². The maximum absolute atomic E-state index is 12.4. The number of rotatable bonds is 6. The summed E-state index contributed by atoms with van der Waals surface area (Å²) in [6.45, 7) is 7.04. The van der Waals surface area contributed by atoms with Crippen molar-refractivity contribution in [3.8, 4) is 22.6 Å². The van der Waals surface area contributed by atoms with Gasteiger partial charge in [0.05, 0.1) is 16.7 Å². The number of carboxylic acid groups (broad SMARTS) is 1. The predicted octanol–water partition coefficient (Wildman–Crippen LogP) is 9.42. The van der Waals surface area contributed by atoms with E-state index in [0.29, 0.717) is 12.2 Å². The summed E-state index contributed by atoms with van der Waals surface area (Å²) in [5.41, 5.74) is 5.77. The summed E-state index contributed by atoms with van der Waals surface area (Å²) in [5.74, 6) is 0.558. The Balaban J connectivity index is 1.61. The highest BCUT2D eigenvalue weighted by atomic mass is 127. The van der Waals surface area contributed by atoms with Crippen LogP contribution in [0.4, 0.5) is 0 Å². The van der Waals surface area contributed by atoms with Gasteiger partial charge in [0.1, 0.15) is 17.2 Å². The van der Waals surface area contributed by atoms with E-state index in [4.69, 9.17) is 4.74 Å². The molecule has 0 radical (unpaired) electrons. The molecule has 2 heterocycles. The molecule has 0 aliphatic heterocycles. The average molecular weight is 733 g/mol. The molecule has 0 unspecified atom stereocenters. The van der Waals surface area contributed by atoms with Crippen LogP contribution in [0.1, 0.15) is 42.4 Å². The Morgan fingerprint density at radius 2 is 1.62 bits per heavy atom. The largest absolute Gasteiger partial charge is 0.477 e. The SMILES string of the molecule is CC(C)(C)c1ccc(-c2c(I)sc3c(I)c(C(=O)O)n(Cc4cccc(Oc5ccccc5)c4)c23)cc1. The number of nitrogens with zero attached hydrogens (tertiary/aromatic N) is 1. The zero-order valence-electron chi connectivity index (χ0n) is 20.6. The first-order chi connectivity index (χ1) is 17.6. The third-order valence-corrected chi connectivity index (χ3v) is 9.85. The molecule has 4 nitrogen and oxygen atoms in total. The van der Waals surface area contributed by atoms with Crippen LogP contribution in [0.5, 0.6) is 11.5 Å². The van der Waals surface area contributed by atoms with E-state index in [9.17, 15) is 9.90 Å². The van der Waals surface area contributed by atoms with E-state index in [1.54, 1.807) is 11.3 Å². The standard InChI is InChI=1S/C30H25I2NO3S/c1-30(2,3)20-14-12-19(13-15-20)23-25-27(37-28(23)32)24(31)26(29(34)35)33(25)17-18-8-7-11-22(16-18)36-21-9-5-4-6-10-21/h4-16H,17H2,1-3H3,(H,34,35). The van der Waals surface area contributed by atoms with E-state index in [2.05, 4.69) is 90.2 Å². The number of fused-ring (bicyclic) bond motifs is 1. The summed E-state index contributed by atoms with van der Waals surface area (Å²) >= 11 is 6.22. The Kier molecular flexibility index (Phi) is 7.39. The number of hydrogen-bond donors (Lipinski definition) is 1. The smallest absolute Gasteiger partial charge is 0.353 e. The fourth-order valence-corrected chi connectivity index (χ4v) is 7.73. The Hall–Kier alpha value is -2.37. The first-order valence-electron chi connectivity index (χ1n) is 11.8. The molecule has 0 amide bonds. The summed E-state index contributed by atoms with van der Waals surface area (Å²) in [6.07, 6.45) is 0. The van der Waals surface area contributed by atoms with Gasteiger partial charge in [-0.1, -0.05) is 75.4 Å². The minimum absolute atomic E-state index is 0.0640. The van der Waals surface area contributed by atoms with Crippen molar-refractivity contribution in [1.29, 1.82) is 0 Å². The van der Waals surface area contributed by atoms with Gasteiger partial charge in [-0.3, -0.25) is 0 Å². The number of hydrogen-bond acceptors (Lipinski definition) is 3. The van der Waals surface area contributed by atoms with Crippen LogP contribution in [0.3, 0.4) is 0 Å². The van der Waals surface area contributed by atoms with E-state index in [1.165, 1.54) is 5.56 Å². The van der Waals surface area contributed by atoms with Gasteiger partial charge in [0.2, 0.25) is 0 Å². The summed E-state index contributed by atoms with van der Waals surface area (Å²) in [6, 6.07) is 26.2. The lowest BCUT2D eigenvalue weighted by Crippen LogP contribution is -2.11. The van der Waals surface area contributed by atoms with Crippen molar-refractivity contribution in [3.63, 3.8) is 0 Å². The van der Waals surface area contributed by atoms with E-state index >= 15 is 0 Å². The summed E-state index contributed by atoms with van der Waals surface area (Å²) in [5, 5.41) is 10.2. The molecule has 0 saturated carbocycles. The first-order valence-corrected chi connectivity index (χ1v) is 14.8. The van der Waals surface area contributed by atoms with Crippen molar-refractivity contribution in [2.24, 2.45) is 0 Å². The van der Waals surface area contributed by atoms with Crippen LogP contribution in [0.15, 0.2) is 78.9 Å². The molecular weight excluding hydrogens is 708 g/mol. The van der Waals surface area contributed by atoms with Crippen LogP contribution in [-0.2, 0) is 12.0 Å². The Morgan fingerprint density at radius 1 is 0.946 bits per heavy atom. The van der Waals surface area contributed by atoms with Gasteiger partial charge in [0, 0.05) is 12.1 Å². The van der Waals surface area contributed by atoms with Gasteiger partial charge in [-0.2, -0.15) is 0 Å². The number of halogens is 2. The molecule has 0 spiro atoms. The minimum atomic E-state index is -0.923. The minimum Gasteiger partial charge on any atom is -0.477 e. The number of ether oxygens (including phenoxy) is 1. The molecule has 3 aromatic carbocycles. The van der Waals surface area contributed by atoms with Gasteiger partial charge < -0.3 is 14.4 Å². The molecule has 37 heavy (non-hydrogen) atoms.